The molecule has 0 spiro atoms. The first-order chi connectivity index (χ1) is 7.29. The zero-order valence-corrected chi connectivity index (χ0v) is 8.55. The first-order valence-corrected chi connectivity index (χ1v) is 4.58. The van der Waals surface area contributed by atoms with Crippen LogP contribution in [-0.2, 0) is 0 Å². The number of carbonyl (C=O) groups is 1. The van der Waals surface area contributed by atoms with Crippen molar-refractivity contribution in [3.8, 4) is 0 Å². The van der Waals surface area contributed by atoms with Crippen LogP contribution < -0.4 is 0 Å². The minimum Gasteiger partial charge on any atom is -0.298 e. The first-order valence-electron chi connectivity index (χ1n) is 4.20. The third-order valence-electron chi connectivity index (χ3n) is 1.75. The second-order valence-corrected chi connectivity index (χ2v) is 3.08. The fraction of sp³-hybridized carbons (Fsp3) is 0.100. The van der Waals surface area contributed by atoms with Gasteiger partial charge in [-0.15, -0.1) is 0 Å². The molecule has 0 radical (unpaired) electrons. The summed E-state index contributed by atoms with van der Waals surface area (Å²) in [6.07, 6.45) is 4.07. The minimum absolute atomic E-state index is 0.251. The Balaban J connectivity index is 2.93. The quantitative estimate of drug-likeness (QED) is 0.332. The zero-order chi connectivity index (χ0) is 11.1. The average molecular weight is 222 g/mol. The van der Waals surface area contributed by atoms with Crippen molar-refractivity contribution in [2.45, 2.75) is 0 Å². The van der Waals surface area contributed by atoms with Gasteiger partial charge in [-0.2, -0.15) is 0 Å². The third kappa shape index (κ3) is 3.13. The van der Waals surface area contributed by atoms with Crippen LogP contribution in [-0.4, -0.2) is 12.8 Å². The van der Waals surface area contributed by atoms with Crippen molar-refractivity contribution in [1.29, 1.82) is 0 Å². The Hall–Kier alpha value is -1.77. The number of halogens is 1. The molecule has 1 aromatic rings. The molecule has 0 unspecified atom stereocenters. The van der Waals surface area contributed by atoms with Gasteiger partial charge < -0.3 is 0 Å². The van der Waals surface area contributed by atoms with Crippen molar-refractivity contribution in [2.24, 2.45) is 5.11 Å². The molecule has 0 aliphatic rings. The molecular formula is C10H8ClN3O. The lowest BCUT2D eigenvalue weighted by molar-refractivity contribution is 0.112. The largest absolute Gasteiger partial charge is 0.298 e. The van der Waals surface area contributed by atoms with E-state index < -0.39 is 0 Å². The molecule has 0 saturated carbocycles. The Bertz CT molecular complexity index is 436. The number of rotatable bonds is 4. The van der Waals surface area contributed by atoms with Crippen molar-refractivity contribution in [3.63, 3.8) is 0 Å². The molecule has 4 nitrogen and oxygen atoms in total. The summed E-state index contributed by atoms with van der Waals surface area (Å²) in [4.78, 5) is 13.3. The number of nitrogens with zero attached hydrogens (tertiary/aromatic N) is 3. The van der Waals surface area contributed by atoms with Crippen LogP contribution in [0.4, 0.5) is 0 Å². The number of benzene rings is 1. The van der Waals surface area contributed by atoms with Gasteiger partial charge in [0.25, 0.3) is 0 Å². The van der Waals surface area contributed by atoms with Crippen LogP contribution in [0.15, 0.2) is 29.4 Å². The SMILES string of the molecule is [N-]=[N+]=NCC=Cc1cccc(Cl)c1C=O. The van der Waals surface area contributed by atoms with Crippen LogP contribution >= 0.6 is 11.6 Å². The van der Waals surface area contributed by atoms with Crippen molar-refractivity contribution in [1.82, 2.24) is 0 Å². The lowest BCUT2D eigenvalue weighted by Crippen LogP contribution is -1.87. The summed E-state index contributed by atoms with van der Waals surface area (Å²) >= 11 is 5.82. The molecule has 1 aromatic carbocycles. The van der Waals surface area contributed by atoms with Crippen molar-refractivity contribution >= 4 is 24.0 Å². The summed E-state index contributed by atoms with van der Waals surface area (Å²) in [6.45, 7) is 0.251. The van der Waals surface area contributed by atoms with Crippen LogP contribution in [0.3, 0.4) is 0 Å². The average Bonchev–Trinajstić information content (AvgIpc) is 2.24. The van der Waals surface area contributed by atoms with Crippen LogP contribution in [0, 0.1) is 0 Å². The highest BCUT2D eigenvalue weighted by atomic mass is 35.5. The number of hydrogen-bond acceptors (Lipinski definition) is 2. The van der Waals surface area contributed by atoms with E-state index in [1.165, 1.54) is 0 Å². The van der Waals surface area contributed by atoms with E-state index >= 15 is 0 Å². The molecule has 0 fully saturated rings. The summed E-state index contributed by atoms with van der Waals surface area (Å²) in [5.74, 6) is 0. The van der Waals surface area contributed by atoms with Crippen molar-refractivity contribution < 1.29 is 4.79 Å². The summed E-state index contributed by atoms with van der Waals surface area (Å²) < 4.78 is 0. The van der Waals surface area contributed by atoms with E-state index in [-0.39, 0.29) is 6.54 Å². The lowest BCUT2D eigenvalue weighted by atomic mass is 10.1. The van der Waals surface area contributed by atoms with Gasteiger partial charge in [-0.3, -0.25) is 4.79 Å². The van der Waals surface area contributed by atoms with Crippen LogP contribution in [0.5, 0.6) is 0 Å². The van der Waals surface area contributed by atoms with Gasteiger partial charge in [0.15, 0.2) is 6.29 Å². The second kappa shape index (κ2) is 5.86. The number of aldehydes is 1. The Labute approximate surface area is 91.8 Å². The highest BCUT2D eigenvalue weighted by molar-refractivity contribution is 6.33. The molecule has 0 aliphatic carbocycles. The fourth-order valence-corrected chi connectivity index (χ4v) is 1.31. The highest BCUT2D eigenvalue weighted by Gasteiger charge is 2.01. The maximum Gasteiger partial charge on any atom is 0.152 e. The summed E-state index contributed by atoms with van der Waals surface area (Å²) in [5.41, 5.74) is 9.21. The van der Waals surface area contributed by atoms with E-state index in [2.05, 4.69) is 10.0 Å². The van der Waals surface area contributed by atoms with E-state index in [9.17, 15) is 4.79 Å². The molecule has 15 heavy (non-hydrogen) atoms. The standard InChI is InChI=1S/C10H8ClN3O/c11-10-5-1-3-8(9(10)7-15)4-2-6-13-14-12/h1-5,7H,6H2. The number of azide groups is 1. The smallest absolute Gasteiger partial charge is 0.152 e. The maximum atomic E-state index is 10.7. The van der Waals surface area contributed by atoms with Gasteiger partial charge in [0, 0.05) is 17.0 Å². The topological polar surface area (TPSA) is 65.8 Å². The minimum atomic E-state index is 0.251. The first kappa shape index (κ1) is 11.3. The third-order valence-corrected chi connectivity index (χ3v) is 2.08. The Morgan fingerprint density at radius 1 is 1.53 bits per heavy atom. The van der Waals surface area contributed by atoms with Gasteiger partial charge in [0.1, 0.15) is 0 Å². The van der Waals surface area contributed by atoms with Crippen molar-refractivity contribution in [3.05, 3.63) is 50.9 Å². The van der Waals surface area contributed by atoms with Crippen LogP contribution in [0.2, 0.25) is 5.02 Å². The lowest BCUT2D eigenvalue weighted by Gasteiger charge is -2.00. The Kier molecular flexibility index (Phi) is 4.41. The predicted octanol–water partition coefficient (Wildman–Crippen LogP) is 3.48. The van der Waals surface area contributed by atoms with Gasteiger partial charge in [0.05, 0.1) is 5.02 Å². The number of carbonyl (C=O) groups excluding carboxylic acids is 1. The van der Waals surface area contributed by atoms with Crippen LogP contribution in [0.25, 0.3) is 16.5 Å². The van der Waals surface area contributed by atoms with Gasteiger partial charge in [-0.25, -0.2) is 0 Å². The zero-order valence-electron chi connectivity index (χ0n) is 7.80. The predicted molar refractivity (Wildman–Crippen MR) is 59.9 cm³/mol. The van der Waals surface area contributed by atoms with Gasteiger partial charge in [-0.05, 0) is 17.2 Å². The maximum absolute atomic E-state index is 10.7. The molecule has 5 heteroatoms. The Morgan fingerprint density at radius 3 is 3.00 bits per heavy atom. The molecule has 0 aliphatic heterocycles. The van der Waals surface area contributed by atoms with E-state index in [1.54, 1.807) is 30.4 Å². The molecule has 0 saturated heterocycles. The molecule has 0 amide bonds. The Morgan fingerprint density at radius 2 is 2.33 bits per heavy atom. The summed E-state index contributed by atoms with van der Waals surface area (Å²) in [6, 6.07) is 5.17. The monoisotopic (exact) mass is 221 g/mol. The van der Waals surface area contributed by atoms with Crippen LogP contribution in [0.1, 0.15) is 15.9 Å². The normalized spacial score (nSPS) is 9.93. The molecular weight excluding hydrogens is 214 g/mol. The second-order valence-electron chi connectivity index (χ2n) is 2.68. The highest BCUT2D eigenvalue weighted by Crippen LogP contribution is 2.18. The van der Waals surface area contributed by atoms with E-state index in [0.29, 0.717) is 22.4 Å². The van der Waals surface area contributed by atoms with E-state index in [0.717, 1.165) is 0 Å². The van der Waals surface area contributed by atoms with Crippen molar-refractivity contribution in [2.75, 3.05) is 6.54 Å². The van der Waals surface area contributed by atoms with Gasteiger partial charge in [-0.1, -0.05) is 41.0 Å². The fourth-order valence-electron chi connectivity index (χ4n) is 1.09. The molecule has 0 heterocycles. The molecule has 0 N–H and O–H groups in total. The molecule has 0 bridgehead atoms. The van der Waals surface area contributed by atoms with E-state index in [1.807, 2.05) is 0 Å². The molecule has 0 atom stereocenters. The molecule has 1 rings (SSSR count). The summed E-state index contributed by atoms with van der Waals surface area (Å²) in [5, 5.41) is 3.75. The van der Waals surface area contributed by atoms with Gasteiger partial charge >= 0.3 is 0 Å². The van der Waals surface area contributed by atoms with Gasteiger partial charge in [0.2, 0.25) is 0 Å². The number of hydrogen-bond donors (Lipinski definition) is 0. The molecule has 76 valence electrons. The summed E-state index contributed by atoms with van der Waals surface area (Å²) in [7, 11) is 0. The molecule has 0 aromatic heterocycles. The van der Waals surface area contributed by atoms with E-state index in [4.69, 9.17) is 17.1 Å².